The molecule has 2 aliphatic rings. The van der Waals surface area contributed by atoms with E-state index in [0.29, 0.717) is 6.54 Å². The highest BCUT2D eigenvalue weighted by Crippen LogP contribution is 2.45. The molecule has 5 rings (SSSR count). The number of halogens is 2. The maximum absolute atomic E-state index is 13.7. The van der Waals surface area contributed by atoms with Gasteiger partial charge in [-0.05, 0) is 47.0 Å². The predicted molar refractivity (Wildman–Crippen MR) is 106 cm³/mol. The summed E-state index contributed by atoms with van der Waals surface area (Å²) < 4.78 is 27.0. The summed E-state index contributed by atoms with van der Waals surface area (Å²) in [7, 11) is 0. The van der Waals surface area contributed by atoms with Gasteiger partial charge in [0, 0.05) is 24.7 Å². The van der Waals surface area contributed by atoms with E-state index in [1.165, 1.54) is 29.4 Å². The molecule has 3 nitrogen and oxygen atoms in total. The lowest BCUT2D eigenvalue weighted by molar-refractivity contribution is 0.402. The van der Waals surface area contributed by atoms with E-state index in [9.17, 15) is 8.78 Å². The van der Waals surface area contributed by atoms with Gasteiger partial charge in [0.05, 0.1) is 12.1 Å². The van der Waals surface area contributed by atoms with Gasteiger partial charge in [-0.25, -0.2) is 19.6 Å². The van der Waals surface area contributed by atoms with Crippen LogP contribution < -0.4 is 15.8 Å². The van der Waals surface area contributed by atoms with Gasteiger partial charge in [0.1, 0.15) is 11.6 Å². The van der Waals surface area contributed by atoms with Gasteiger partial charge in [-0.3, -0.25) is 0 Å². The molecule has 3 unspecified atom stereocenters. The largest absolute Gasteiger partial charge is 0.367 e. The van der Waals surface area contributed by atoms with E-state index >= 15 is 0 Å². The molecule has 2 N–H and O–H groups in total. The van der Waals surface area contributed by atoms with Crippen molar-refractivity contribution in [3.05, 3.63) is 101 Å². The number of benzene rings is 3. The second-order valence-electron chi connectivity index (χ2n) is 7.53. The topological polar surface area (TPSA) is 27.3 Å². The predicted octanol–water partition coefficient (Wildman–Crippen LogP) is 4.49. The SMILES string of the molecule is Fc1ccc(C2NNC3c4ccccc4N(Cc4cccc(F)c4)CC23)cc1. The number of nitrogens with zero attached hydrogens (tertiary/aromatic N) is 1. The minimum absolute atomic E-state index is 0.0777. The van der Waals surface area contributed by atoms with Crippen LogP contribution in [0.15, 0.2) is 72.8 Å². The zero-order valence-corrected chi connectivity index (χ0v) is 15.3. The summed E-state index contributed by atoms with van der Waals surface area (Å²) >= 11 is 0. The van der Waals surface area contributed by atoms with Crippen molar-refractivity contribution in [2.45, 2.75) is 18.6 Å². The quantitative estimate of drug-likeness (QED) is 0.704. The standard InChI is InChI=1S/C23H21F2N3/c24-17-10-8-16(9-11-17)22-20-14-28(13-15-4-3-5-18(25)12-15)21-7-2-1-6-19(21)23(20)27-26-22/h1-12,20,22-23,26-27H,13-14H2. The van der Waals surface area contributed by atoms with Crippen LogP contribution in [0.25, 0.3) is 0 Å². The van der Waals surface area contributed by atoms with Gasteiger partial charge < -0.3 is 4.90 Å². The molecule has 3 aromatic rings. The third-order valence-electron chi connectivity index (χ3n) is 5.79. The highest BCUT2D eigenvalue weighted by Gasteiger charge is 2.43. The number of hydrogen-bond acceptors (Lipinski definition) is 3. The smallest absolute Gasteiger partial charge is 0.123 e. The first-order chi connectivity index (χ1) is 13.7. The fraction of sp³-hybridized carbons (Fsp3) is 0.217. The third-order valence-corrected chi connectivity index (χ3v) is 5.79. The number of fused-ring (bicyclic) bond motifs is 3. The van der Waals surface area contributed by atoms with Crippen molar-refractivity contribution >= 4 is 5.69 Å². The lowest BCUT2D eigenvalue weighted by atomic mass is 9.82. The molecule has 2 aliphatic heterocycles. The number of rotatable bonds is 3. The fourth-order valence-electron chi connectivity index (χ4n) is 4.50. The highest BCUT2D eigenvalue weighted by molar-refractivity contribution is 5.58. The maximum atomic E-state index is 13.7. The van der Waals surface area contributed by atoms with Crippen molar-refractivity contribution in [1.29, 1.82) is 0 Å². The summed E-state index contributed by atoms with van der Waals surface area (Å²) in [6.07, 6.45) is 0. The second kappa shape index (κ2) is 7.00. The molecule has 0 bridgehead atoms. The van der Waals surface area contributed by atoms with Crippen molar-refractivity contribution in [2.75, 3.05) is 11.4 Å². The molecule has 1 saturated heterocycles. The van der Waals surface area contributed by atoms with Crippen LogP contribution in [0.5, 0.6) is 0 Å². The Balaban J connectivity index is 1.49. The molecule has 142 valence electrons. The van der Waals surface area contributed by atoms with Gasteiger partial charge in [-0.1, -0.05) is 42.5 Å². The first-order valence-electron chi connectivity index (χ1n) is 9.54. The van der Waals surface area contributed by atoms with Gasteiger partial charge in [-0.2, -0.15) is 0 Å². The Morgan fingerprint density at radius 2 is 1.61 bits per heavy atom. The van der Waals surface area contributed by atoms with E-state index in [2.05, 4.69) is 34.0 Å². The fourth-order valence-corrected chi connectivity index (χ4v) is 4.50. The van der Waals surface area contributed by atoms with Crippen molar-refractivity contribution in [1.82, 2.24) is 10.9 Å². The van der Waals surface area contributed by atoms with Gasteiger partial charge in [-0.15, -0.1) is 0 Å². The molecule has 0 aromatic heterocycles. The molecule has 5 heteroatoms. The summed E-state index contributed by atoms with van der Waals surface area (Å²) in [4.78, 5) is 2.32. The number of hydrazine groups is 1. The molecule has 0 radical (unpaired) electrons. The molecule has 1 fully saturated rings. The molecule has 0 spiro atoms. The van der Waals surface area contributed by atoms with E-state index in [-0.39, 0.29) is 29.6 Å². The average Bonchev–Trinajstić information content (AvgIpc) is 3.13. The summed E-state index contributed by atoms with van der Waals surface area (Å²) in [6.45, 7) is 1.47. The summed E-state index contributed by atoms with van der Waals surface area (Å²) in [5, 5.41) is 0. The molecule has 0 amide bonds. The zero-order chi connectivity index (χ0) is 19.1. The Kier molecular flexibility index (Phi) is 4.34. The lowest BCUT2D eigenvalue weighted by Crippen LogP contribution is -2.39. The Labute approximate surface area is 163 Å². The summed E-state index contributed by atoms with van der Waals surface area (Å²) in [5.74, 6) is -0.170. The van der Waals surface area contributed by atoms with E-state index < -0.39 is 0 Å². The van der Waals surface area contributed by atoms with Crippen LogP contribution in [0, 0.1) is 17.6 Å². The Morgan fingerprint density at radius 3 is 2.43 bits per heavy atom. The molecule has 3 atom stereocenters. The van der Waals surface area contributed by atoms with E-state index in [1.807, 2.05) is 24.3 Å². The Bertz CT molecular complexity index is 989. The van der Waals surface area contributed by atoms with Gasteiger partial charge in [0.25, 0.3) is 0 Å². The summed E-state index contributed by atoms with van der Waals surface area (Å²) in [6, 6.07) is 22.1. The molecule has 3 aromatic carbocycles. The second-order valence-corrected chi connectivity index (χ2v) is 7.53. The van der Waals surface area contributed by atoms with E-state index in [4.69, 9.17) is 0 Å². The number of para-hydroxylation sites is 1. The number of nitrogens with one attached hydrogen (secondary N) is 2. The van der Waals surface area contributed by atoms with Crippen molar-refractivity contribution in [3.8, 4) is 0 Å². The van der Waals surface area contributed by atoms with Crippen LogP contribution in [-0.2, 0) is 6.54 Å². The summed E-state index contributed by atoms with van der Waals surface area (Å²) in [5.41, 5.74) is 11.3. The molecule has 0 saturated carbocycles. The van der Waals surface area contributed by atoms with Gasteiger partial charge in [0.15, 0.2) is 0 Å². The first-order valence-corrected chi connectivity index (χ1v) is 9.54. The normalized spacial score (nSPS) is 23.4. The van der Waals surface area contributed by atoms with Crippen LogP contribution in [0.3, 0.4) is 0 Å². The average molecular weight is 377 g/mol. The minimum atomic E-state index is -0.229. The van der Waals surface area contributed by atoms with Crippen LogP contribution in [0.1, 0.15) is 28.8 Å². The number of anilines is 1. The van der Waals surface area contributed by atoms with Crippen LogP contribution in [0.4, 0.5) is 14.5 Å². The molecule has 28 heavy (non-hydrogen) atoms. The lowest BCUT2D eigenvalue weighted by Gasteiger charge is -2.39. The zero-order valence-electron chi connectivity index (χ0n) is 15.3. The Morgan fingerprint density at radius 1 is 0.821 bits per heavy atom. The van der Waals surface area contributed by atoms with Gasteiger partial charge in [0.2, 0.25) is 0 Å². The molecular weight excluding hydrogens is 356 g/mol. The van der Waals surface area contributed by atoms with Crippen LogP contribution >= 0.6 is 0 Å². The Hall–Kier alpha value is -2.76. The van der Waals surface area contributed by atoms with Crippen LogP contribution in [-0.4, -0.2) is 6.54 Å². The van der Waals surface area contributed by atoms with E-state index in [1.54, 1.807) is 12.1 Å². The maximum Gasteiger partial charge on any atom is 0.123 e. The van der Waals surface area contributed by atoms with Gasteiger partial charge >= 0.3 is 0 Å². The van der Waals surface area contributed by atoms with E-state index in [0.717, 1.165) is 17.7 Å². The first kappa shape index (κ1) is 17.3. The minimum Gasteiger partial charge on any atom is -0.367 e. The molecule has 0 aliphatic carbocycles. The monoisotopic (exact) mass is 377 g/mol. The molecular formula is C23H21F2N3. The highest BCUT2D eigenvalue weighted by atomic mass is 19.1. The van der Waals surface area contributed by atoms with Crippen molar-refractivity contribution in [3.63, 3.8) is 0 Å². The van der Waals surface area contributed by atoms with Crippen molar-refractivity contribution < 1.29 is 8.78 Å². The number of hydrogen-bond donors (Lipinski definition) is 2. The van der Waals surface area contributed by atoms with Crippen LogP contribution in [0.2, 0.25) is 0 Å². The van der Waals surface area contributed by atoms with Crippen molar-refractivity contribution in [2.24, 2.45) is 5.92 Å². The third kappa shape index (κ3) is 3.07. The molecule has 2 heterocycles.